The summed E-state index contributed by atoms with van der Waals surface area (Å²) in [5.41, 5.74) is 0. The van der Waals surface area contributed by atoms with E-state index in [4.69, 9.17) is 6.42 Å². The van der Waals surface area contributed by atoms with Gasteiger partial charge in [-0.1, -0.05) is 15.9 Å². The van der Waals surface area contributed by atoms with Gasteiger partial charge in [-0.3, -0.25) is 0 Å². The Morgan fingerprint density at radius 2 is 1.88 bits per heavy atom. The van der Waals surface area contributed by atoms with Crippen molar-refractivity contribution in [2.45, 2.75) is 24.2 Å². The average Bonchev–Trinajstić information content (AvgIpc) is 2.29. The summed E-state index contributed by atoms with van der Waals surface area (Å²) in [5.74, 6) is 2.52. The molecule has 1 N–H and O–H groups in total. The Labute approximate surface area is 111 Å². The lowest BCUT2D eigenvalue weighted by molar-refractivity contribution is 0.577. The van der Waals surface area contributed by atoms with Gasteiger partial charge in [0.05, 0.1) is 4.90 Å². The van der Waals surface area contributed by atoms with Gasteiger partial charge in [-0.05, 0) is 37.1 Å². The summed E-state index contributed by atoms with van der Waals surface area (Å²) >= 11 is 3.26. The minimum absolute atomic E-state index is 0.276. The molecule has 0 aliphatic heterocycles. The molecule has 0 saturated heterocycles. The van der Waals surface area contributed by atoms with Crippen molar-refractivity contribution in [2.24, 2.45) is 0 Å². The lowest BCUT2D eigenvalue weighted by atomic mass is 10.2. The van der Waals surface area contributed by atoms with Crippen molar-refractivity contribution < 1.29 is 8.42 Å². The predicted octanol–water partition coefficient (Wildman–Crippen LogP) is 2.53. The maximum atomic E-state index is 11.8. The first kappa shape index (κ1) is 14.2. The van der Waals surface area contributed by atoms with Gasteiger partial charge in [0.2, 0.25) is 10.0 Å². The van der Waals surface area contributed by atoms with Crippen LogP contribution in [0.3, 0.4) is 0 Å². The van der Waals surface area contributed by atoms with Gasteiger partial charge in [-0.25, -0.2) is 13.1 Å². The van der Waals surface area contributed by atoms with Gasteiger partial charge < -0.3 is 0 Å². The number of halogens is 1. The van der Waals surface area contributed by atoms with E-state index in [1.54, 1.807) is 24.3 Å². The van der Waals surface area contributed by atoms with Gasteiger partial charge in [-0.15, -0.1) is 12.3 Å². The van der Waals surface area contributed by atoms with Crippen LogP contribution in [0.2, 0.25) is 0 Å². The van der Waals surface area contributed by atoms with E-state index in [-0.39, 0.29) is 4.90 Å². The maximum Gasteiger partial charge on any atom is 0.240 e. The summed E-state index contributed by atoms with van der Waals surface area (Å²) in [6, 6.07) is 6.53. The molecule has 0 fully saturated rings. The third kappa shape index (κ3) is 4.90. The molecule has 0 aromatic heterocycles. The topological polar surface area (TPSA) is 46.2 Å². The van der Waals surface area contributed by atoms with Crippen molar-refractivity contribution in [3.63, 3.8) is 0 Å². The Bertz CT molecular complexity index is 488. The zero-order chi connectivity index (χ0) is 12.7. The molecule has 0 heterocycles. The Hall–Kier alpha value is -0.830. The van der Waals surface area contributed by atoms with Crippen LogP contribution in [-0.2, 0) is 10.0 Å². The summed E-state index contributed by atoms with van der Waals surface area (Å²) in [6.45, 7) is 0.417. The van der Waals surface area contributed by atoms with E-state index in [0.29, 0.717) is 13.0 Å². The Morgan fingerprint density at radius 3 is 2.47 bits per heavy atom. The van der Waals surface area contributed by atoms with Gasteiger partial charge in [0, 0.05) is 17.4 Å². The Kier molecular flexibility index (Phi) is 5.69. The fourth-order valence-corrected chi connectivity index (χ4v) is 2.59. The summed E-state index contributed by atoms with van der Waals surface area (Å²) in [5, 5.41) is 0. The number of sulfonamides is 1. The van der Waals surface area contributed by atoms with E-state index in [9.17, 15) is 8.42 Å². The molecule has 1 aromatic carbocycles. The molecule has 3 nitrogen and oxygen atoms in total. The number of terminal acetylenes is 1. The second-order valence-electron chi connectivity index (χ2n) is 3.51. The number of nitrogens with one attached hydrogen (secondary N) is 1. The first-order chi connectivity index (χ1) is 8.06. The van der Waals surface area contributed by atoms with E-state index in [2.05, 4.69) is 26.6 Å². The Balaban J connectivity index is 2.52. The van der Waals surface area contributed by atoms with E-state index >= 15 is 0 Å². The molecule has 0 unspecified atom stereocenters. The molecular formula is C12H14BrNO2S. The lowest BCUT2D eigenvalue weighted by Gasteiger charge is -2.06. The van der Waals surface area contributed by atoms with Crippen molar-refractivity contribution in [3.05, 3.63) is 28.7 Å². The predicted molar refractivity (Wildman–Crippen MR) is 72.0 cm³/mol. The van der Waals surface area contributed by atoms with Crippen LogP contribution in [0.25, 0.3) is 0 Å². The SMILES string of the molecule is C#CCCCCNS(=O)(=O)c1ccc(Br)cc1. The fraction of sp³-hybridized carbons (Fsp3) is 0.333. The van der Waals surface area contributed by atoms with Crippen molar-refractivity contribution in [1.82, 2.24) is 4.72 Å². The lowest BCUT2D eigenvalue weighted by Crippen LogP contribution is -2.24. The average molecular weight is 316 g/mol. The highest BCUT2D eigenvalue weighted by Gasteiger charge is 2.12. The van der Waals surface area contributed by atoms with E-state index < -0.39 is 10.0 Å². The van der Waals surface area contributed by atoms with Crippen molar-refractivity contribution in [3.8, 4) is 12.3 Å². The van der Waals surface area contributed by atoms with Crippen LogP contribution in [0.15, 0.2) is 33.6 Å². The fourth-order valence-electron chi connectivity index (χ4n) is 1.26. The molecule has 0 atom stereocenters. The first-order valence-electron chi connectivity index (χ1n) is 5.25. The summed E-state index contributed by atoms with van der Waals surface area (Å²) in [4.78, 5) is 0.276. The number of hydrogen-bond donors (Lipinski definition) is 1. The second kappa shape index (κ2) is 6.80. The normalized spacial score (nSPS) is 11.1. The van der Waals surface area contributed by atoms with Crippen LogP contribution in [0.4, 0.5) is 0 Å². The first-order valence-corrected chi connectivity index (χ1v) is 7.52. The largest absolute Gasteiger partial charge is 0.240 e. The van der Waals surface area contributed by atoms with Gasteiger partial charge in [0.25, 0.3) is 0 Å². The highest BCUT2D eigenvalue weighted by molar-refractivity contribution is 9.10. The van der Waals surface area contributed by atoms with E-state index in [1.807, 2.05) is 0 Å². The molecule has 5 heteroatoms. The molecule has 0 aliphatic rings. The number of rotatable bonds is 6. The highest BCUT2D eigenvalue weighted by atomic mass is 79.9. The molecule has 1 aromatic rings. The van der Waals surface area contributed by atoms with Crippen molar-refractivity contribution in [1.29, 1.82) is 0 Å². The molecule has 0 aliphatic carbocycles. The number of hydrogen-bond acceptors (Lipinski definition) is 2. The third-order valence-corrected chi connectivity index (χ3v) is 4.17. The summed E-state index contributed by atoms with van der Waals surface area (Å²) in [6.07, 6.45) is 7.37. The van der Waals surface area contributed by atoms with E-state index in [1.165, 1.54) is 0 Å². The van der Waals surface area contributed by atoms with Crippen LogP contribution in [0.5, 0.6) is 0 Å². The van der Waals surface area contributed by atoms with E-state index in [0.717, 1.165) is 17.3 Å². The van der Waals surface area contributed by atoms with Gasteiger partial charge in [0.1, 0.15) is 0 Å². The molecular weight excluding hydrogens is 302 g/mol. The molecule has 0 saturated carbocycles. The number of benzene rings is 1. The van der Waals surface area contributed by atoms with Crippen LogP contribution >= 0.6 is 15.9 Å². The molecule has 0 radical (unpaired) electrons. The highest BCUT2D eigenvalue weighted by Crippen LogP contribution is 2.14. The van der Waals surface area contributed by atoms with Gasteiger partial charge in [-0.2, -0.15) is 0 Å². The molecule has 0 amide bonds. The Morgan fingerprint density at radius 1 is 1.24 bits per heavy atom. The third-order valence-electron chi connectivity index (χ3n) is 2.16. The zero-order valence-corrected chi connectivity index (χ0v) is 11.7. The molecule has 17 heavy (non-hydrogen) atoms. The zero-order valence-electron chi connectivity index (χ0n) is 9.32. The van der Waals surface area contributed by atoms with Crippen LogP contribution in [0, 0.1) is 12.3 Å². The summed E-state index contributed by atoms with van der Waals surface area (Å²) in [7, 11) is -3.39. The molecule has 0 spiro atoms. The van der Waals surface area contributed by atoms with Crippen molar-refractivity contribution in [2.75, 3.05) is 6.54 Å². The van der Waals surface area contributed by atoms with Crippen molar-refractivity contribution >= 4 is 26.0 Å². The smallest absolute Gasteiger partial charge is 0.211 e. The van der Waals surface area contributed by atoms with Gasteiger partial charge in [0.15, 0.2) is 0 Å². The second-order valence-corrected chi connectivity index (χ2v) is 6.20. The monoisotopic (exact) mass is 315 g/mol. The number of unbranched alkanes of at least 4 members (excludes halogenated alkanes) is 2. The van der Waals surface area contributed by atoms with Crippen LogP contribution < -0.4 is 4.72 Å². The quantitative estimate of drug-likeness (QED) is 0.647. The minimum atomic E-state index is -3.39. The van der Waals surface area contributed by atoms with Crippen LogP contribution in [0.1, 0.15) is 19.3 Å². The maximum absolute atomic E-state index is 11.8. The minimum Gasteiger partial charge on any atom is -0.211 e. The molecule has 1 rings (SSSR count). The standard InChI is InChI=1S/C12H14BrNO2S/c1-2-3-4-5-10-14-17(15,16)12-8-6-11(13)7-9-12/h1,6-9,14H,3-5,10H2. The molecule has 92 valence electrons. The molecule has 0 bridgehead atoms. The summed E-state index contributed by atoms with van der Waals surface area (Å²) < 4.78 is 27.0. The van der Waals surface area contributed by atoms with Crippen LogP contribution in [-0.4, -0.2) is 15.0 Å². The van der Waals surface area contributed by atoms with Gasteiger partial charge >= 0.3 is 0 Å².